The minimum absolute atomic E-state index is 0.106. The number of sulfone groups is 1. The van der Waals surface area contributed by atoms with E-state index in [4.69, 9.17) is 33.7 Å². The number of halogens is 5. The number of amides is 2. The third-order valence-electron chi connectivity index (χ3n) is 6.43. The molecule has 0 bridgehead atoms. The quantitative estimate of drug-likeness (QED) is 0.282. The van der Waals surface area contributed by atoms with Gasteiger partial charge in [-0.2, -0.15) is 0 Å². The molecule has 0 spiro atoms. The molecular formula is C28H33Cl2F3N4O6S. The van der Waals surface area contributed by atoms with Crippen molar-refractivity contribution in [2.24, 2.45) is 0 Å². The molecule has 1 saturated heterocycles. The van der Waals surface area contributed by atoms with E-state index in [0.29, 0.717) is 19.4 Å². The summed E-state index contributed by atoms with van der Waals surface area (Å²) >= 11 is 12.5. The SMILES string of the molecule is C=CS(=O)(=O)c1ccc(Cl)cc1CNC(=O)c1cc(OC(F)(F)F)c(CN2CCCC(NC(=O)OC(C)(C)C)C2)c(Cl)c1N. The molecule has 1 unspecified atom stereocenters. The minimum Gasteiger partial charge on any atom is -0.444 e. The van der Waals surface area contributed by atoms with Crippen LogP contribution in [0.3, 0.4) is 0 Å². The first-order valence-electron chi connectivity index (χ1n) is 13.3. The number of hydrogen-bond acceptors (Lipinski definition) is 8. The van der Waals surface area contributed by atoms with E-state index < -0.39 is 45.1 Å². The number of nitrogens with two attached hydrogens (primary N) is 1. The second-order valence-corrected chi connectivity index (χ2v) is 13.7. The van der Waals surface area contributed by atoms with Crippen molar-refractivity contribution in [2.45, 2.75) is 69.6 Å². The van der Waals surface area contributed by atoms with Crippen molar-refractivity contribution in [2.75, 3.05) is 18.8 Å². The van der Waals surface area contributed by atoms with Crippen LogP contribution >= 0.6 is 23.2 Å². The van der Waals surface area contributed by atoms with Crippen molar-refractivity contribution in [1.82, 2.24) is 15.5 Å². The molecular weight excluding hydrogens is 648 g/mol. The average Bonchev–Trinajstić information content (AvgIpc) is 2.89. The first-order chi connectivity index (χ1) is 20.3. The molecule has 0 saturated carbocycles. The third-order valence-corrected chi connectivity index (χ3v) is 8.55. The van der Waals surface area contributed by atoms with Gasteiger partial charge in [0, 0.05) is 41.7 Å². The molecule has 2 aromatic carbocycles. The summed E-state index contributed by atoms with van der Waals surface area (Å²) in [5.74, 6) is -1.67. The summed E-state index contributed by atoms with van der Waals surface area (Å²) in [6.07, 6.45) is -4.50. The van der Waals surface area contributed by atoms with Gasteiger partial charge < -0.3 is 25.8 Å². The number of anilines is 1. The van der Waals surface area contributed by atoms with Crippen LogP contribution < -0.4 is 21.1 Å². The van der Waals surface area contributed by atoms with Gasteiger partial charge in [-0.15, -0.1) is 13.2 Å². The standard InChI is InChI=1S/C28H33Cl2F3N4O6S/c1-5-44(40,41)22-9-8-17(29)11-16(22)13-35-25(38)19-12-21(42-28(31,32)33)20(23(30)24(19)34)15-37-10-6-7-18(14-37)36-26(39)43-27(2,3)4/h5,8-9,11-12,18H,1,6-7,10,13-15,34H2,2-4H3,(H,35,38)(H,36,39). The molecule has 1 aliphatic rings. The van der Waals surface area contributed by atoms with Crippen LogP contribution in [0.5, 0.6) is 5.75 Å². The Labute approximate surface area is 263 Å². The molecule has 242 valence electrons. The zero-order chi connectivity index (χ0) is 33.0. The van der Waals surface area contributed by atoms with E-state index in [1.54, 1.807) is 25.7 Å². The molecule has 0 aliphatic carbocycles. The van der Waals surface area contributed by atoms with Crippen molar-refractivity contribution >= 4 is 50.7 Å². The first-order valence-corrected chi connectivity index (χ1v) is 15.6. The van der Waals surface area contributed by atoms with Crippen LogP contribution in [0.4, 0.5) is 23.7 Å². The smallest absolute Gasteiger partial charge is 0.444 e. The number of nitrogens with one attached hydrogen (secondary N) is 2. The van der Waals surface area contributed by atoms with Gasteiger partial charge in [-0.3, -0.25) is 9.69 Å². The molecule has 0 radical (unpaired) electrons. The number of hydrogen-bond donors (Lipinski definition) is 3. The topological polar surface area (TPSA) is 140 Å². The summed E-state index contributed by atoms with van der Waals surface area (Å²) < 4.78 is 74.7. The summed E-state index contributed by atoms with van der Waals surface area (Å²) in [4.78, 5) is 27.0. The number of alkyl carbamates (subject to hydrolysis) is 1. The molecule has 1 heterocycles. The molecule has 16 heteroatoms. The zero-order valence-corrected chi connectivity index (χ0v) is 26.5. The zero-order valence-electron chi connectivity index (χ0n) is 24.2. The Hall–Kier alpha value is -3.20. The van der Waals surface area contributed by atoms with Crippen LogP contribution in [-0.2, 0) is 27.7 Å². The number of benzene rings is 2. The predicted molar refractivity (Wildman–Crippen MR) is 160 cm³/mol. The number of carbonyl (C=O) groups is 2. The van der Waals surface area contributed by atoms with Crippen LogP contribution in [0.15, 0.2) is 41.1 Å². The fourth-order valence-electron chi connectivity index (χ4n) is 4.57. The molecule has 10 nitrogen and oxygen atoms in total. The maximum Gasteiger partial charge on any atom is 0.573 e. The molecule has 4 N–H and O–H groups in total. The summed E-state index contributed by atoms with van der Waals surface area (Å²) in [6, 6.07) is 4.40. The normalized spacial score (nSPS) is 16.2. The lowest BCUT2D eigenvalue weighted by Crippen LogP contribution is -2.48. The van der Waals surface area contributed by atoms with Crippen molar-refractivity contribution in [3.05, 3.63) is 63.0 Å². The fraction of sp³-hybridized carbons (Fsp3) is 0.429. The van der Waals surface area contributed by atoms with E-state index in [1.807, 2.05) is 0 Å². The Morgan fingerprint density at radius 1 is 1.20 bits per heavy atom. The number of likely N-dealkylation sites (tertiary alicyclic amines) is 1. The Kier molecular flexibility index (Phi) is 11.1. The maximum absolute atomic E-state index is 13.5. The minimum atomic E-state index is -5.13. The second-order valence-electron chi connectivity index (χ2n) is 11.0. The summed E-state index contributed by atoms with van der Waals surface area (Å²) in [6.45, 7) is 8.71. The van der Waals surface area contributed by atoms with Crippen molar-refractivity contribution in [3.8, 4) is 5.75 Å². The Morgan fingerprint density at radius 3 is 2.50 bits per heavy atom. The Morgan fingerprint density at radius 2 is 1.89 bits per heavy atom. The molecule has 1 fully saturated rings. The van der Waals surface area contributed by atoms with Gasteiger partial charge in [0.1, 0.15) is 11.4 Å². The van der Waals surface area contributed by atoms with E-state index in [0.717, 1.165) is 11.5 Å². The van der Waals surface area contributed by atoms with Gasteiger partial charge in [-0.05, 0) is 70.0 Å². The van der Waals surface area contributed by atoms with Gasteiger partial charge in [-0.1, -0.05) is 29.8 Å². The molecule has 2 aromatic rings. The molecule has 3 rings (SSSR count). The van der Waals surface area contributed by atoms with Gasteiger partial charge in [0.2, 0.25) is 0 Å². The van der Waals surface area contributed by atoms with Crippen LogP contribution in [0.25, 0.3) is 0 Å². The van der Waals surface area contributed by atoms with E-state index in [9.17, 15) is 31.2 Å². The largest absolute Gasteiger partial charge is 0.573 e. The summed E-state index contributed by atoms with van der Waals surface area (Å²) in [5, 5.41) is 5.81. The summed E-state index contributed by atoms with van der Waals surface area (Å²) in [7, 11) is -3.91. The lowest BCUT2D eigenvalue weighted by atomic mass is 10.0. The van der Waals surface area contributed by atoms with E-state index in [2.05, 4.69) is 21.9 Å². The summed E-state index contributed by atoms with van der Waals surface area (Å²) in [5.41, 5.74) is 4.71. The molecule has 1 aliphatic heterocycles. The number of piperidine rings is 1. The highest BCUT2D eigenvalue weighted by atomic mass is 35.5. The van der Waals surface area contributed by atoms with Crippen LogP contribution in [-0.4, -0.2) is 56.4 Å². The lowest BCUT2D eigenvalue weighted by Gasteiger charge is -2.34. The monoisotopic (exact) mass is 680 g/mol. The fourth-order valence-corrected chi connectivity index (χ4v) is 5.96. The van der Waals surface area contributed by atoms with Gasteiger partial charge in [0.05, 0.1) is 21.2 Å². The number of alkyl halides is 3. The van der Waals surface area contributed by atoms with E-state index in [-0.39, 0.29) is 57.4 Å². The molecule has 44 heavy (non-hydrogen) atoms. The molecule has 0 aromatic heterocycles. The Balaban J connectivity index is 1.87. The van der Waals surface area contributed by atoms with Gasteiger partial charge >= 0.3 is 12.5 Å². The van der Waals surface area contributed by atoms with Gasteiger partial charge in [0.15, 0.2) is 9.84 Å². The van der Waals surface area contributed by atoms with E-state index >= 15 is 0 Å². The number of nitrogen functional groups attached to an aromatic ring is 1. The highest BCUT2D eigenvalue weighted by molar-refractivity contribution is 7.94. The number of carbonyl (C=O) groups excluding carboxylic acids is 2. The van der Waals surface area contributed by atoms with Gasteiger partial charge in [0.25, 0.3) is 5.91 Å². The van der Waals surface area contributed by atoms with E-state index in [1.165, 1.54) is 18.2 Å². The highest BCUT2D eigenvalue weighted by Gasteiger charge is 2.35. The van der Waals surface area contributed by atoms with Crippen LogP contribution in [0.1, 0.15) is 55.1 Å². The number of rotatable bonds is 9. The number of nitrogens with zero attached hydrogens (tertiary/aromatic N) is 1. The average molecular weight is 682 g/mol. The van der Waals surface area contributed by atoms with Crippen LogP contribution in [0, 0.1) is 0 Å². The second kappa shape index (κ2) is 13.8. The van der Waals surface area contributed by atoms with Crippen LogP contribution in [0.2, 0.25) is 10.0 Å². The predicted octanol–water partition coefficient (Wildman–Crippen LogP) is 5.81. The highest BCUT2D eigenvalue weighted by Crippen LogP contribution is 2.39. The van der Waals surface area contributed by atoms with Gasteiger partial charge in [-0.25, -0.2) is 13.2 Å². The maximum atomic E-state index is 13.5. The lowest BCUT2D eigenvalue weighted by molar-refractivity contribution is -0.275. The van der Waals surface area contributed by atoms with Crippen molar-refractivity contribution < 1.29 is 40.7 Å². The number of ether oxygens (including phenoxy) is 2. The molecule has 2 amide bonds. The van der Waals surface area contributed by atoms with Crippen molar-refractivity contribution in [3.63, 3.8) is 0 Å². The first kappa shape index (κ1) is 35.3. The van der Waals surface area contributed by atoms with Crippen molar-refractivity contribution in [1.29, 1.82) is 0 Å². The third kappa shape index (κ3) is 9.65. The Bertz CT molecular complexity index is 1530. The molecule has 1 atom stereocenters.